The second-order valence-corrected chi connectivity index (χ2v) is 6.45. The van der Waals surface area contributed by atoms with Crippen LogP contribution in [0.3, 0.4) is 0 Å². The summed E-state index contributed by atoms with van der Waals surface area (Å²) in [5, 5.41) is 13.9. The van der Waals surface area contributed by atoms with Crippen LogP contribution in [0.4, 0.5) is 5.69 Å². The van der Waals surface area contributed by atoms with Gasteiger partial charge in [0.25, 0.3) is 5.69 Å². The van der Waals surface area contributed by atoms with Crippen LogP contribution in [-0.4, -0.2) is 27.6 Å². The fourth-order valence-corrected chi connectivity index (χ4v) is 3.86. The first-order chi connectivity index (χ1) is 11.9. The van der Waals surface area contributed by atoms with Crippen molar-refractivity contribution in [2.45, 2.75) is 26.8 Å². The number of non-ortho nitro benzene ring substituents is 1. The van der Waals surface area contributed by atoms with Crippen molar-refractivity contribution in [3.05, 3.63) is 62.3 Å². The van der Waals surface area contributed by atoms with E-state index in [2.05, 4.69) is 4.99 Å². The number of benzene rings is 1. The summed E-state index contributed by atoms with van der Waals surface area (Å²) in [7, 11) is 0. The summed E-state index contributed by atoms with van der Waals surface area (Å²) in [6, 6.07) is 5.83. The third-order valence-electron chi connectivity index (χ3n) is 4.00. The molecule has 1 atom stereocenters. The Hall–Kier alpha value is -2.61. The number of allylic oxidation sites excluding steroid dienone is 2. The molecule has 8 heteroatoms. The highest BCUT2D eigenvalue weighted by Crippen LogP contribution is 2.44. The van der Waals surface area contributed by atoms with Gasteiger partial charge in [0.15, 0.2) is 5.17 Å². The SMILES string of the molecule is CCOC(=O)C1=C(C)N=C2SC=C(C)N2C1c1cccc([N+](=O)[O-])c1. The molecule has 7 nitrogen and oxygen atoms in total. The predicted octanol–water partition coefficient (Wildman–Crippen LogP) is 3.75. The average Bonchev–Trinajstić information content (AvgIpc) is 2.94. The van der Waals surface area contributed by atoms with Gasteiger partial charge >= 0.3 is 5.97 Å². The molecule has 25 heavy (non-hydrogen) atoms. The van der Waals surface area contributed by atoms with Crippen molar-refractivity contribution < 1.29 is 14.5 Å². The van der Waals surface area contributed by atoms with Crippen molar-refractivity contribution in [2.75, 3.05) is 6.61 Å². The second kappa shape index (κ2) is 6.72. The highest BCUT2D eigenvalue weighted by atomic mass is 32.2. The van der Waals surface area contributed by atoms with Gasteiger partial charge in [0.05, 0.1) is 28.8 Å². The van der Waals surface area contributed by atoms with Crippen LogP contribution in [0, 0.1) is 10.1 Å². The van der Waals surface area contributed by atoms with Crippen LogP contribution in [0.25, 0.3) is 0 Å². The lowest BCUT2D eigenvalue weighted by atomic mass is 9.94. The number of thioether (sulfide) groups is 1. The molecule has 1 aromatic rings. The number of nitro groups is 1. The first kappa shape index (κ1) is 17.2. The van der Waals surface area contributed by atoms with Gasteiger partial charge in [-0.2, -0.15) is 0 Å². The van der Waals surface area contributed by atoms with E-state index in [-0.39, 0.29) is 12.3 Å². The standard InChI is InChI=1S/C17H17N3O4S/c1-4-24-16(21)14-11(3)18-17-19(10(2)9-25-17)15(14)12-6-5-7-13(8-12)20(22)23/h5-9,15H,4H2,1-3H3. The molecule has 0 fully saturated rings. The zero-order valence-corrected chi connectivity index (χ0v) is 14.9. The second-order valence-electron chi connectivity index (χ2n) is 5.62. The molecule has 2 heterocycles. The van der Waals surface area contributed by atoms with E-state index >= 15 is 0 Å². The normalized spacial score (nSPS) is 19.3. The van der Waals surface area contributed by atoms with Crippen molar-refractivity contribution in [1.82, 2.24) is 4.90 Å². The van der Waals surface area contributed by atoms with Crippen LogP contribution in [0.15, 0.2) is 51.6 Å². The van der Waals surface area contributed by atoms with Crippen LogP contribution in [0.1, 0.15) is 32.4 Å². The lowest BCUT2D eigenvalue weighted by Crippen LogP contribution is -2.36. The van der Waals surface area contributed by atoms with Gasteiger partial charge in [-0.25, -0.2) is 9.79 Å². The van der Waals surface area contributed by atoms with Gasteiger partial charge in [-0.1, -0.05) is 23.9 Å². The number of hydrogen-bond acceptors (Lipinski definition) is 7. The van der Waals surface area contributed by atoms with Crippen LogP contribution in [-0.2, 0) is 9.53 Å². The van der Waals surface area contributed by atoms with Crippen molar-refractivity contribution in [3.63, 3.8) is 0 Å². The van der Waals surface area contributed by atoms with Crippen molar-refractivity contribution in [1.29, 1.82) is 0 Å². The topological polar surface area (TPSA) is 85.0 Å². The quantitative estimate of drug-likeness (QED) is 0.462. The largest absolute Gasteiger partial charge is 0.463 e. The number of rotatable bonds is 4. The highest BCUT2D eigenvalue weighted by molar-refractivity contribution is 8.16. The molecule has 2 aliphatic rings. The van der Waals surface area contributed by atoms with Gasteiger partial charge < -0.3 is 9.64 Å². The van der Waals surface area contributed by atoms with Gasteiger partial charge in [-0.15, -0.1) is 0 Å². The van der Waals surface area contributed by atoms with Crippen LogP contribution in [0.2, 0.25) is 0 Å². The zero-order valence-electron chi connectivity index (χ0n) is 14.1. The molecule has 2 aliphatic heterocycles. The molecule has 0 saturated carbocycles. The lowest BCUT2D eigenvalue weighted by Gasteiger charge is -2.35. The molecule has 130 valence electrons. The summed E-state index contributed by atoms with van der Waals surface area (Å²) < 4.78 is 5.21. The number of hydrogen-bond donors (Lipinski definition) is 0. The maximum absolute atomic E-state index is 12.6. The van der Waals surface area contributed by atoms with Crippen molar-refractivity contribution in [2.24, 2.45) is 4.99 Å². The summed E-state index contributed by atoms with van der Waals surface area (Å²) in [5.74, 6) is -0.455. The van der Waals surface area contributed by atoms with E-state index in [4.69, 9.17) is 4.74 Å². The molecule has 0 amide bonds. The minimum Gasteiger partial charge on any atom is -0.463 e. The molecule has 0 N–H and O–H groups in total. The molecule has 0 saturated heterocycles. The van der Waals surface area contributed by atoms with E-state index in [0.29, 0.717) is 16.8 Å². The van der Waals surface area contributed by atoms with Gasteiger partial charge in [0.2, 0.25) is 0 Å². The molecule has 0 spiro atoms. The van der Waals surface area contributed by atoms with E-state index in [1.807, 2.05) is 17.2 Å². The third-order valence-corrected chi connectivity index (χ3v) is 4.96. The molecule has 0 radical (unpaired) electrons. The number of carbonyl (C=O) groups is 1. The van der Waals surface area contributed by atoms with Gasteiger partial charge in [0.1, 0.15) is 0 Å². The Balaban J connectivity index is 2.16. The Morgan fingerprint density at radius 3 is 2.88 bits per heavy atom. The van der Waals surface area contributed by atoms with Crippen molar-refractivity contribution in [3.8, 4) is 0 Å². The Kier molecular flexibility index (Phi) is 4.63. The molecule has 1 unspecified atom stereocenters. The molecule has 0 bridgehead atoms. The third kappa shape index (κ3) is 3.05. The minimum absolute atomic E-state index is 0.0177. The Morgan fingerprint density at radius 1 is 1.44 bits per heavy atom. The zero-order chi connectivity index (χ0) is 18.1. The first-order valence-corrected chi connectivity index (χ1v) is 8.65. The Labute approximate surface area is 149 Å². The molecule has 0 aromatic heterocycles. The maximum atomic E-state index is 12.6. The monoisotopic (exact) mass is 359 g/mol. The van der Waals surface area contributed by atoms with E-state index in [1.165, 1.54) is 23.9 Å². The molecule has 1 aromatic carbocycles. The molecule has 0 aliphatic carbocycles. The smallest absolute Gasteiger partial charge is 0.338 e. The summed E-state index contributed by atoms with van der Waals surface area (Å²) in [6.07, 6.45) is 0. The van der Waals surface area contributed by atoms with E-state index < -0.39 is 16.9 Å². The number of ether oxygens (including phenoxy) is 1. The lowest BCUT2D eigenvalue weighted by molar-refractivity contribution is -0.384. The molecular formula is C17H17N3O4S. The number of nitro benzene ring substituents is 1. The number of amidine groups is 1. The Bertz CT molecular complexity index is 844. The first-order valence-electron chi connectivity index (χ1n) is 7.77. The van der Waals surface area contributed by atoms with E-state index in [0.717, 1.165) is 10.9 Å². The number of esters is 1. The number of fused-ring (bicyclic) bond motifs is 1. The minimum atomic E-state index is -0.502. The summed E-state index contributed by atoms with van der Waals surface area (Å²) in [4.78, 5) is 29.7. The number of nitrogens with zero attached hydrogens (tertiary/aromatic N) is 3. The fourth-order valence-electron chi connectivity index (χ4n) is 2.92. The summed E-state index contributed by atoms with van der Waals surface area (Å²) in [6.45, 7) is 5.67. The Morgan fingerprint density at radius 2 is 2.20 bits per heavy atom. The summed E-state index contributed by atoms with van der Waals surface area (Å²) >= 11 is 1.47. The number of carbonyl (C=O) groups excluding carboxylic acids is 1. The summed E-state index contributed by atoms with van der Waals surface area (Å²) in [5.41, 5.74) is 2.53. The maximum Gasteiger partial charge on any atom is 0.338 e. The van der Waals surface area contributed by atoms with Gasteiger partial charge in [0, 0.05) is 17.8 Å². The highest BCUT2D eigenvalue weighted by Gasteiger charge is 2.39. The van der Waals surface area contributed by atoms with Crippen LogP contribution in [0.5, 0.6) is 0 Å². The van der Waals surface area contributed by atoms with Crippen LogP contribution >= 0.6 is 11.8 Å². The molecular weight excluding hydrogens is 342 g/mol. The van der Waals surface area contributed by atoms with Gasteiger partial charge in [-0.3, -0.25) is 10.1 Å². The number of aliphatic imine (C=N–C) groups is 1. The fraction of sp³-hybridized carbons (Fsp3) is 0.294. The molecule has 3 rings (SSSR count). The predicted molar refractivity (Wildman–Crippen MR) is 95.8 cm³/mol. The average molecular weight is 359 g/mol. The van der Waals surface area contributed by atoms with Crippen LogP contribution < -0.4 is 0 Å². The van der Waals surface area contributed by atoms with Crippen molar-refractivity contribution >= 4 is 28.6 Å². The van der Waals surface area contributed by atoms with E-state index in [1.54, 1.807) is 26.0 Å². The van der Waals surface area contributed by atoms with Gasteiger partial charge in [-0.05, 0) is 31.7 Å². The van der Waals surface area contributed by atoms with E-state index in [9.17, 15) is 14.9 Å².